The lowest BCUT2D eigenvalue weighted by molar-refractivity contribution is 0.0583. The number of amides is 1. The molecule has 1 aliphatic heterocycles. The lowest BCUT2D eigenvalue weighted by Gasteiger charge is -2.32. The number of likely N-dealkylation sites (N-methyl/N-ethyl adjacent to an activating group) is 1. The Morgan fingerprint density at radius 2 is 2.00 bits per heavy atom. The number of aliphatic hydroxyl groups is 1. The number of carbonyl (C=O) groups excluding carboxylic acids is 1. The highest BCUT2D eigenvalue weighted by atomic mass is 32.1. The van der Waals surface area contributed by atoms with Crippen LogP contribution < -0.4 is 5.32 Å². The predicted octanol–water partition coefficient (Wildman–Crippen LogP) is 5.39. The number of carbonyl (C=O) groups is 1. The van der Waals surface area contributed by atoms with Crippen molar-refractivity contribution in [2.45, 2.75) is 44.9 Å². The number of likely N-dealkylation sites (tertiary alicyclic amines) is 1. The second-order valence-electron chi connectivity index (χ2n) is 10.5. The van der Waals surface area contributed by atoms with Gasteiger partial charge in [0.25, 0.3) is 5.91 Å². The zero-order valence-corrected chi connectivity index (χ0v) is 22.9. The standard InChI is InChI=1S/C28H27F3N6O2S/c1-28(2,39)14-37-25-21(34-35-37)11-18(23(30)24(25)31)26-17(15-7-8-20(33-4)19(29)10-15)12-22(40-26)27(38)36-9-5-6-16(13-36)32-3/h7-8,10-12,16,32,39H,5-6,9,13-14H2,1-3H3/t16-/m1/s1. The van der Waals surface area contributed by atoms with Crippen LogP contribution in [0.5, 0.6) is 0 Å². The molecule has 1 saturated heterocycles. The fraction of sp³-hybridized carbons (Fsp3) is 0.357. The van der Waals surface area contributed by atoms with E-state index in [4.69, 9.17) is 6.57 Å². The van der Waals surface area contributed by atoms with Gasteiger partial charge < -0.3 is 15.3 Å². The van der Waals surface area contributed by atoms with Gasteiger partial charge >= 0.3 is 0 Å². The van der Waals surface area contributed by atoms with Crippen molar-refractivity contribution in [2.24, 2.45) is 0 Å². The second-order valence-corrected chi connectivity index (χ2v) is 11.5. The Kier molecular flexibility index (Phi) is 7.39. The summed E-state index contributed by atoms with van der Waals surface area (Å²) in [6.07, 6.45) is 1.76. The molecule has 1 atom stereocenters. The molecule has 0 spiro atoms. The van der Waals surface area contributed by atoms with E-state index >= 15 is 8.78 Å². The van der Waals surface area contributed by atoms with Crippen LogP contribution in [0.1, 0.15) is 36.4 Å². The summed E-state index contributed by atoms with van der Waals surface area (Å²) in [5, 5.41) is 21.2. The van der Waals surface area contributed by atoms with Gasteiger partial charge in [0.15, 0.2) is 11.6 Å². The molecule has 2 aromatic carbocycles. The molecular weight excluding hydrogens is 541 g/mol. The highest BCUT2D eigenvalue weighted by Gasteiger charge is 2.29. The van der Waals surface area contributed by atoms with E-state index in [1.54, 1.807) is 11.0 Å². The van der Waals surface area contributed by atoms with Gasteiger partial charge in [-0.15, -0.1) is 16.4 Å². The summed E-state index contributed by atoms with van der Waals surface area (Å²) in [5.41, 5.74) is -1.07. The molecule has 0 aliphatic carbocycles. The third-order valence-electron chi connectivity index (χ3n) is 6.90. The van der Waals surface area contributed by atoms with Crippen LogP contribution in [0.25, 0.3) is 37.4 Å². The summed E-state index contributed by atoms with van der Waals surface area (Å²) in [7, 11) is 1.84. The Morgan fingerprint density at radius 1 is 1.23 bits per heavy atom. The van der Waals surface area contributed by atoms with Gasteiger partial charge in [0.2, 0.25) is 5.69 Å². The third kappa shape index (κ3) is 5.20. The first kappa shape index (κ1) is 27.8. The quantitative estimate of drug-likeness (QED) is 0.305. The Balaban J connectivity index is 1.66. The number of thiophene rings is 1. The van der Waals surface area contributed by atoms with Crippen LogP contribution in [-0.4, -0.2) is 62.7 Å². The molecular formula is C28H27F3N6O2S. The molecule has 5 rings (SSSR count). The minimum Gasteiger partial charge on any atom is -0.389 e. The highest BCUT2D eigenvalue weighted by molar-refractivity contribution is 7.18. The van der Waals surface area contributed by atoms with Crippen LogP contribution >= 0.6 is 11.3 Å². The maximum absolute atomic E-state index is 15.7. The van der Waals surface area contributed by atoms with Crippen LogP contribution in [-0.2, 0) is 6.54 Å². The lowest BCUT2D eigenvalue weighted by Crippen LogP contribution is -2.46. The van der Waals surface area contributed by atoms with E-state index in [9.17, 15) is 14.3 Å². The van der Waals surface area contributed by atoms with Gasteiger partial charge in [-0.05, 0) is 57.5 Å². The van der Waals surface area contributed by atoms with E-state index in [-0.39, 0.29) is 45.7 Å². The molecule has 208 valence electrons. The first-order valence-corrected chi connectivity index (χ1v) is 13.5. The number of halogens is 3. The number of benzene rings is 2. The van der Waals surface area contributed by atoms with Crippen molar-refractivity contribution < 1.29 is 23.1 Å². The molecule has 1 amide bonds. The summed E-state index contributed by atoms with van der Waals surface area (Å²) in [4.78, 5) is 18.9. The third-order valence-corrected chi connectivity index (χ3v) is 8.06. The number of piperidine rings is 1. The Bertz CT molecular complexity index is 1650. The number of nitrogens with zero attached hydrogens (tertiary/aromatic N) is 5. The minimum absolute atomic E-state index is 0.0628. The first-order valence-electron chi connectivity index (χ1n) is 12.7. The summed E-state index contributed by atoms with van der Waals surface area (Å²) in [6.45, 7) is 11.1. The highest BCUT2D eigenvalue weighted by Crippen LogP contribution is 2.43. The molecule has 0 radical (unpaired) electrons. The van der Waals surface area contributed by atoms with E-state index in [2.05, 4.69) is 20.5 Å². The molecule has 3 heterocycles. The predicted molar refractivity (Wildman–Crippen MR) is 147 cm³/mol. The number of rotatable bonds is 6. The largest absolute Gasteiger partial charge is 0.389 e. The van der Waals surface area contributed by atoms with Crippen molar-refractivity contribution in [1.82, 2.24) is 25.2 Å². The monoisotopic (exact) mass is 568 g/mol. The zero-order chi connectivity index (χ0) is 28.8. The Labute approximate surface area is 232 Å². The van der Waals surface area contributed by atoms with Crippen molar-refractivity contribution in [1.29, 1.82) is 0 Å². The fourth-order valence-electron chi connectivity index (χ4n) is 4.94. The molecule has 0 bridgehead atoms. The van der Waals surface area contributed by atoms with Crippen molar-refractivity contribution in [3.05, 3.63) is 64.1 Å². The van der Waals surface area contributed by atoms with Crippen molar-refractivity contribution in [3.63, 3.8) is 0 Å². The smallest absolute Gasteiger partial charge is 0.264 e. The molecule has 0 unspecified atom stereocenters. The van der Waals surface area contributed by atoms with Crippen LogP contribution in [0.3, 0.4) is 0 Å². The summed E-state index contributed by atoms with van der Waals surface area (Å²) in [6, 6.07) is 7.02. The SMILES string of the molecule is [C-]#[N+]c1ccc(-c2cc(C(=O)N3CCC[C@@H](NC)C3)sc2-c2cc3nnn(CC(C)(C)O)c3c(F)c2F)cc1F. The van der Waals surface area contributed by atoms with Crippen molar-refractivity contribution in [3.8, 4) is 21.6 Å². The van der Waals surface area contributed by atoms with E-state index in [0.29, 0.717) is 29.1 Å². The van der Waals surface area contributed by atoms with Gasteiger partial charge in [-0.25, -0.2) is 22.7 Å². The molecule has 2 aromatic heterocycles. The second kappa shape index (κ2) is 10.6. The van der Waals surface area contributed by atoms with Crippen LogP contribution in [0, 0.1) is 24.0 Å². The molecule has 1 aliphatic rings. The lowest BCUT2D eigenvalue weighted by atomic mass is 10.0. The maximum Gasteiger partial charge on any atom is 0.264 e. The molecule has 2 N–H and O–H groups in total. The number of hydrogen-bond acceptors (Lipinski definition) is 6. The molecule has 40 heavy (non-hydrogen) atoms. The van der Waals surface area contributed by atoms with Crippen molar-refractivity contribution >= 4 is 34.0 Å². The van der Waals surface area contributed by atoms with Gasteiger partial charge in [-0.1, -0.05) is 17.3 Å². The normalized spacial score (nSPS) is 15.9. The fourth-order valence-corrected chi connectivity index (χ4v) is 6.10. The first-order chi connectivity index (χ1) is 19.0. The van der Waals surface area contributed by atoms with E-state index in [0.717, 1.165) is 34.9 Å². The summed E-state index contributed by atoms with van der Waals surface area (Å²) >= 11 is 0.986. The van der Waals surface area contributed by atoms with Gasteiger partial charge in [0, 0.05) is 35.1 Å². The topological polar surface area (TPSA) is 87.6 Å². The van der Waals surface area contributed by atoms with Gasteiger partial charge in [0.1, 0.15) is 16.9 Å². The van der Waals surface area contributed by atoms with Crippen LogP contribution in [0.2, 0.25) is 0 Å². The van der Waals surface area contributed by atoms with Gasteiger partial charge in [-0.3, -0.25) is 4.79 Å². The number of fused-ring (bicyclic) bond motifs is 1. The zero-order valence-electron chi connectivity index (χ0n) is 22.1. The van der Waals surface area contributed by atoms with E-state index in [1.165, 1.54) is 32.0 Å². The van der Waals surface area contributed by atoms with Gasteiger partial charge in [0.05, 0.1) is 23.6 Å². The molecule has 1 fully saturated rings. The number of aromatic nitrogens is 3. The van der Waals surface area contributed by atoms with E-state index < -0.39 is 23.1 Å². The summed E-state index contributed by atoms with van der Waals surface area (Å²) in [5.74, 6) is -3.40. The average molecular weight is 569 g/mol. The number of hydrogen-bond donors (Lipinski definition) is 2. The molecule has 4 aromatic rings. The molecule has 0 saturated carbocycles. The van der Waals surface area contributed by atoms with Gasteiger partial charge in [-0.2, -0.15) is 0 Å². The molecule has 8 nitrogen and oxygen atoms in total. The Morgan fingerprint density at radius 3 is 2.67 bits per heavy atom. The average Bonchev–Trinajstić information content (AvgIpc) is 3.54. The summed E-state index contributed by atoms with van der Waals surface area (Å²) < 4.78 is 47.0. The van der Waals surface area contributed by atoms with Crippen molar-refractivity contribution in [2.75, 3.05) is 20.1 Å². The van der Waals surface area contributed by atoms with Crippen LogP contribution in [0.4, 0.5) is 18.9 Å². The Hall–Kier alpha value is -3.79. The maximum atomic E-state index is 15.7. The van der Waals surface area contributed by atoms with E-state index in [1.807, 2.05) is 7.05 Å². The minimum atomic E-state index is -1.25. The number of nitrogens with one attached hydrogen (secondary N) is 1. The van der Waals surface area contributed by atoms with Crippen LogP contribution in [0.15, 0.2) is 30.3 Å². The molecule has 12 heteroatoms.